The van der Waals surface area contributed by atoms with Gasteiger partial charge in [0.25, 0.3) is 0 Å². The molecule has 0 atom stereocenters. The van der Waals surface area contributed by atoms with Gasteiger partial charge in [0.05, 0.1) is 31.9 Å². The van der Waals surface area contributed by atoms with Crippen LogP contribution in [0.2, 0.25) is 0 Å². The normalized spacial score (nSPS) is 12.3. The largest absolute Gasteiger partial charge is 0.416 e. The fourth-order valence-electron chi connectivity index (χ4n) is 1.94. The highest BCUT2D eigenvalue weighted by Crippen LogP contribution is 2.32. The molecule has 0 radical (unpaired) electrons. The zero-order valence-electron chi connectivity index (χ0n) is 14.3. The number of methoxy groups -OCH3 is 1. The summed E-state index contributed by atoms with van der Waals surface area (Å²) in [6.45, 7) is 3.94. The van der Waals surface area contributed by atoms with Crippen LogP contribution in [0.1, 0.15) is 18.1 Å². The van der Waals surface area contributed by atoms with Crippen LogP contribution < -0.4 is 10.6 Å². The fraction of sp³-hybridized carbons (Fsp3) is 0.562. The van der Waals surface area contributed by atoms with Gasteiger partial charge in [-0.3, -0.25) is 0 Å². The summed E-state index contributed by atoms with van der Waals surface area (Å²) >= 11 is 0. The fourth-order valence-corrected chi connectivity index (χ4v) is 1.94. The van der Waals surface area contributed by atoms with E-state index in [0.29, 0.717) is 44.9 Å². The summed E-state index contributed by atoms with van der Waals surface area (Å²) in [6.07, 6.45) is -4.63. The Hall–Kier alpha value is -1.87. The average Bonchev–Trinajstić information content (AvgIpc) is 2.55. The molecule has 2 N–H and O–H groups in total. The molecule has 0 aliphatic heterocycles. The van der Waals surface area contributed by atoms with Crippen molar-refractivity contribution in [2.24, 2.45) is 4.99 Å². The van der Waals surface area contributed by atoms with E-state index in [1.54, 1.807) is 7.11 Å². The third-order valence-corrected chi connectivity index (χ3v) is 3.10. The molecular weight excluding hydrogens is 342 g/mol. The Morgan fingerprint density at radius 3 is 2.56 bits per heavy atom. The quantitative estimate of drug-likeness (QED) is 0.306. The third-order valence-electron chi connectivity index (χ3n) is 3.10. The highest BCUT2D eigenvalue weighted by atomic mass is 19.4. The van der Waals surface area contributed by atoms with Crippen LogP contribution in [0.4, 0.5) is 17.6 Å². The molecule has 142 valence electrons. The van der Waals surface area contributed by atoms with Crippen molar-refractivity contribution in [1.82, 2.24) is 10.6 Å². The van der Waals surface area contributed by atoms with Gasteiger partial charge in [0.2, 0.25) is 0 Å². The van der Waals surface area contributed by atoms with E-state index in [-0.39, 0.29) is 12.1 Å². The molecule has 0 saturated carbocycles. The lowest BCUT2D eigenvalue weighted by Gasteiger charge is -2.14. The van der Waals surface area contributed by atoms with Gasteiger partial charge in [-0.05, 0) is 24.6 Å². The molecule has 0 heterocycles. The number of guanidine groups is 1. The van der Waals surface area contributed by atoms with Crippen LogP contribution in [0.25, 0.3) is 0 Å². The highest BCUT2D eigenvalue weighted by Gasteiger charge is 2.33. The Balaban J connectivity index is 2.68. The maximum atomic E-state index is 13.1. The van der Waals surface area contributed by atoms with Gasteiger partial charge in [0.1, 0.15) is 5.82 Å². The minimum atomic E-state index is -4.63. The Morgan fingerprint density at radius 2 is 1.92 bits per heavy atom. The van der Waals surface area contributed by atoms with E-state index in [9.17, 15) is 17.6 Å². The maximum Gasteiger partial charge on any atom is 0.416 e. The first-order valence-corrected chi connectivity index (χ1v) is 7.83. The Kier molecular flexibility index (Phi) is 9.22. The lowest BCUT2D eigenvalue weighted by atomic mass is 10.1. The topological polar surface area (TPSA) is 54.9 Å². The van der Waals surface area contributed by atoms with Crippen LogP contribution >= 0.6 is 0 Å². The van der Waals surface area contributed by atoms with Crippen molar-refractivity contribution in [3.05, 3.63) is 35.1 Å². The lowest BCUT2D eigenvalue weighted by Crippen LogP contribution is -2.39. The summed E-state index contributed by atoms with van der Waals surface area (Å²) in [4.78, 5) is 4.11. The molecule has 0 unspecified atom stereocenters. The van der Waals surface area contributed by atoms with Crippen molar-refractivity contribution in [2.45, 2.75) is 19.6 Å². The minimum Gasteiger partial charge on any atom is -0.382 e. The molecule has 0 aliphatic carbocycles. The van der Waals surface area contributed by atoms with Crippen molar-refractivity contribution in [1.29, 1.82) is 0 Å². The van der Waals surface area contributed by atoms with Crippen LogP contribution in [0.3, 0.4) is 0 Å². The summed E-state index contributed by atoms with van der Waals surface area (Å²) in [5.74, 6) is -0.575. The van der Waals surface area contributed by atoms with Gasteiger partial charge in [0.15, 0.2) is 5.96 Å². The first-order valence-electron chi connectivity index (χ1n) is 7.83. The minimum absolute atomic E-state index is 0.0950. The summed E-state index contributed by atoms with van der Waals surface area (Å²) in [5.41, 5.74) is -1.11. The standard InChI is InChI=1S/C16H23F4N3O2/c1-3-21-15(22-6-7-25-9-8-24-2)23-11-12-4-5-13(17)10-14(12)16(18,19)20/h4-5,10H,3,6-9,11H2,1-2H3,(H2,21,22,23). The zero-order chi connectivity index (χ0) is 18.7. The molecule has 1 rings (SSSR count). The molecule has 0 saturated heterocycles. The van der Waals surface area contributed by atoms with E-state index in [4.69, 9.17) is 9.47 Å². The van der Waals surface area contributed by atoms with Gasteiger partial charge in [-0.2, -0.15) is 13.2 Å². The average molecular weight is 365 g/mol. The molecule has 0 spiro atoms. The Morgan fingerprint density at radius 1 is 1.16 bits per heavy atom. The van der Waals surface area contributed by atoms with Gasteiger partial charge in [-0.25, -0.2) is 9.38 Å². The molecule has 1 aromatic carbocycles. The van der Waals surface area contributed by atoms with Crippen molar-refractivity contribution in [3.8, 4) is 0 Å². The smallest absolute Gasteiger partial charge is 0.382 e. The molecule has 1 aromatic rings. The summed E-state index contributed by atoms with van der Waals surface area (Å²) in [5, 5.41) is 5.88. The molecule has 25 heavy (non-hydrogen) atoms. The SMILES string of the molecule is CCNC(=NCc1ccc(F)cc1C(F)(F)F)NCCOCCOC. The van der Waals surface area contributed by atoms with Crippen LogP contribution in [-0.2, 0) is 22.2 Å². The van der Waals surface area contributed by atoms with E-state index < -0.39 is 17.6 Å². The second kappa shape index (κ2) is 10.9. The first kappa shape index (κ1) is 21.2. The molecule has 0 fully saturated rings. The second-order valence-corrected chi connectivity index (χ2v) is 5.03. The van der Waals surface area contributed by atoms with E-state index in [1.807, 2.05) is 6.92 Å². The number of aliphatic imine (C=N–C) groups is 1. The number of rotatable bonds is 9. The molecule has 0 amide bonds. The zero-order valence-corrected chi connectivity index (χ0v) is 14.3. The number of ether oxygens (including phenoxy) is 2. The maximum absolute atomic E-state index is 13.1. The molecule has 0 bridgehead atoms. The van der Waals surface area contributed by atoms with Crippen LogP contribution in [0, 0.1) is 5.82 Å². The third kappa shape index (κ3) is 8.17. The number of alkyl halides is 3. The van der Waals surface area contributed by atoms with E-state index >= 15 is 0 Å². The molecule has 5 nitrogen and oxygen atoms in total. The van der Waals surface area contributed by atoms with Crippen molar-refractivity contribution < 1.29 is 27.0 Å². The van der Waals surface area contributed by atoms with E-state index in [0.717, 1.165) is 12.1 Å². The molecule has 9 heteroatoms. The molecule has 0 aliphatic rings. The number of hydrogen-bond donors (Lipinski definition) is 2. The van der Waals surface area contributed by atoms with Crippen molar-refractivity contribution in [2.75, 3.05) is 40.0 Å². The van der Waals surface area contributed by atoms with Gasteiger partial charge >= 0.3 is 6.18 Å². The van der Waals surface area contributed by atoms with Crippen LogP contribution in [-0.4, -0.2) is 46.0 Å². The Labute approximate surface area is 144 Å². The van der Waals surface area contributed by atoms with Crippen LogP contribution in [0.5, 0.6) is 0 Å². The van der Waals surface area contributed by atoms with Gasteiger partial charge in [0, 0.05) is 20.2 Å². The van der Waals surface area contributed by atoms with Crippen molar-refractivity contribution in [3.63, 3.8) is 0 Å². The van der Waals surface area contributed by atoms with E-state index in [2.05, 4.69) is 15.6 Å². The van der Waals surface area contributed by atoms with Crippen LogP contribution in [0.15, 0.2) is 23.2 Å². The number of benzene rings is 1. The number of nitrogens with one attached hydrogen (secondary N) is 2. The van der Waals surface area contributed by atoms with Gasteiger partial charge in [-0.15, -0.1) is 0 Å². The van der Waals surface area contributed by atoms with Gasteiger partial charge < -0.3 is 20.1 Å². The summed E-state index contributed by atoms with van der Waals surface area (Å²) in [7, 11) is 1.57. The summed E-state index contributed by atoms with van der Waals surface area (Å²) < 4.78 is 62.2. The molecule has 0 aromatic heterocycles. The van der Waals surface area contributed by atoms with Gasteiger partial charge in [-0.1, -0.05) is 6.07 Å². The highest BCUT2D eigenvalue weighted by molar-refractivity contribution is 5.79. The number of halogens is 4. The number of hydrogen-bond acceptors (Lipinski definition) is 3. The Bertz CT molecular complexity index is 551. The predicted molar refractivity (Wildman–Crippen MR) is 86.9 cm³/mol. The summed E-state index contributed by atoms with van der Waals surface area (Å²) in [6, 6.07) is 2.57. The van der Waals surface area contributed by atoms with E-state index in [1.165, 1.54) is 0 Å². The first-order chi connectivity index (χ1) is 11.9. The predicted octanol–water partition coefficient (Wildman–Crippen LogP) is 2.56. The second-order valence-electron chi connectivity index (χ2n) is 5.03. The number of nitrogens with zero attached hydrogens (tertiary/aromatic N) is 1. The monoisotopic (exact) mass is 365 g/mol. The molecular formula is C16H23F4N3O2. The lowest BCUT2D eigenvalue weighted by molar-refractivity contribution is -0.138. The van der Waals surface area contributed by atoms with Crippen molar-refractivity contribution >= 4 is 5.96 Å².